The molecule has 0 aliphatic heterocycles. The lowest BCUT2D eigenvalue weighted by molar-refractivity contribution is 0.0693. The molecule has 0 bridgehead atoms. The molecule has 2 aromatic rings. The molecule has 7 nitrogen and oxygen atoms in total. The minimum Gasteiger partial charge on any atom is -0.497 e. The van der Waals surface area contributed by atoms with Gasteiger partial charge in [0.15, 0.2) is 0 Å². The van der Waals surface area contributed by atoms with E-state index in [2.05, 4.69) is 5.16 Å². The molecular formula is C16H20N2O5. The molecule has 0 aliphatic rings. The van der Waals surface area contributed by atoms with E-state index in [0.29, 0.717) is 30.2 Å². The molecule has 2 rings (SSSR count). The fourth-order valence-electron chi connectivity index (χ4n) is 2.37. The first-order valence-electron chi connectivity index (χ1n) is 7.03. The summed E-state index contributed by atoms with van der Waals surface area (Å²) < 4.78 is 15.5. The smallest absolute Gasteiger partial charge is 0.336 e. The summed E-state index contributed by atoms with van der Waals surface area (Å²) in [4.78, 5) is 13.5. The van der Waals surface area contributed by atoms with E-state index in [-0.39, 0.29) is 5.56 Å². The minimum atomic E-state index is -1.03. The Morgan fingerprint density at radius 3 is 2.52 bits per heavy atom. The maximum absolute atomic E-state index is 11.5. The predicted octanol–water partition coefficient (Wildman–Crippen LogP) is 2.33. The largest absolute Gasteiger partial charge is 0.497 e. The van der Waals surface area contributed by atoms with Crippen LogP contribution in [0.5, 0.6) is 11.5 Å². The van der Waals surface area contributed by atoms with Gasteiger partial charge in [-0.1, -0.05) is 5.16 Å². The topological polar surface area (TPSA) is 85.0 Å². The summed E-state index contributed by atoms with van der Waals surface area (Å²) in [7, 11) is 4.86. The summed E-state index contributed by atoms with van der Waals surface area (Å²) in [6.45, 7) is 2.75. The molecule has 0 saturated heterocycles. The van der Waals surface area contributed by atoms with Crippen LogP contribution in [0.4, 0.5) is 0 Å². The molecule has 0 aliphatic carbocycles. The molecule has 0 saturated carbocycles. The number of aromatic carboxylic acids is 1. The standard InChI is InChI=1S/C16H20N2O5/c1-10-5-11(17-23-10)8-18(2)9-14-13(16(19)20)6-12(21-3)7-15(14)22-4/h5-7H,8-9H2,1-4H3,(H,19,20). The number of rotatable bonds is 7. The van der Waals surface area contributed by atoms with E-state index in [0.717, 1.165) is 11.5 Å². The molecule has 0 fully saturated rings. The van der Waals surface area contributed by atoms with E-state index in [1.807, 2.05) is 24.9 Å². The summed E-state index contributed by atoms with van der Waals surface area (Å²) in [5, 5.41) is 13.4. The molecule has 7 heteroatoms. The van der Waals surface area contributed by atoms with Crippen molar-refractivity contribution < 1.29 is 23.9 Å². The first kappa shape index (κ1) is 16.8. The molecule has 124 valence electrons. The van der Waals surface area contributed by atoms with Crippen LogP contribution in [-0.4, -0.2) is 42.4 Å². The lowest BCUT2D eigenvalue weighted by Gasteiger charge is -2.19. The zero-order chi connectivity index (χ0) is 17.0. The van der Waals surface area contributed by atoms with Crippen LogP contribution >= 0.6 is 0 Å². The van der Waals surface area contributed by atoms with Crippen LogP contribution in [0.25, 0.3) is 0 Å². The van der Waals surface area contributed by atoms with Crippen molar-refractivity contribution in [2.45, 2.75) is 20.0 Å². The Bertz CT molecular complexity index is 696. The number of carbonyl (C=O) groups is 1. The van der Waals surface area contributed by atoms with Gasteiger partial charge < -0.3 is 19.1 Å². The highest BCUT2D eigenvalue weighted by Gasteiger charge is 2.19. The number of hydrogen-bond donors (Lipinski definition) is 1. The first-order chi connectivity index (χ1) is 10.9. The second-order valence-corrected chi connectivity index (χ2v) is 5.26. The first-order valence-corrected chi connectivity index (χ1v) is 7.03. The van der Waals surface area contributed by atoms with Gasteiger partial charge in [-0.15, -0.1) is 0 Å². The van der Waals surface area contributed by atoms with Crippen molar-refractivity contribution in [1.29, 1.82) is 0 Å². The molecule has 0 radical (unpaired) electrons. The van der Waals surface area contributed by atoms with Gasteiger partial charge in [-0.05, 0) is 20.0 Å². The molecule has 0 spiro atoms. The van der Waals surface area contributed by atoms with E-state index in [9.17, 15) is 9.90 Å². The van der Waals surface area contributed by atoms with Crippen molar-refractivity contribution >= 4 is 5.97 Å². The average molecular weight is 320 g/mol. The summed E-state index contributed by atoms with van der Waals surface area (Å²) >= 11 is 0. The lowest BCUT2D eigenvalue weighted by Crippen LogP contribution is -2.20. The molecule has 1 heterocycles. The Balaban J connectivity index is 2.28. The van der Waals surface area contributed by atoms with E-state index in [1.165, 1.54) is 20.3 Å². The van der Waals surface area contributed by atoms with Gasteiger partial charge in [0, 0.05) is 30.8 Å². The molecule has 0 atom stereocenters. The van der Waals surface area contributed by atoms with Crippen LogP contribution < -0.4 is 9.47 Å². The van der Waals surface area contributed by atoms with Gasteiger partial charge in [-0.3, -0.25) is 4.90 Å². The lowest BCUT2D eigenvalue weighted by atomic mass is 10.0. The van der Waals surface area contributed by atoms with Crippen molar-refractivity contribution in [3.05, 3.63) is 40.8 Å². The SMILES string of the molecule is COc1cc(OC)c(CN(C)Cc2cc(C)on2)c(C(=O)O)c1. The predicted molar refractivity (Wildman–Crippen MR) is 82.9 cm³/mol. The van der Waals surface area contributed by atoms with Gasteiger partial charge >= 0.3 is 5.97 Å². The second kappa shape index (κ2) is 7.15. The van der Waals surface area contributed by atoms with Crippen molar-refractivity contribution in [2.24, 2.45) is 0 Å². The number of aromatic nitrogens is 1. The highest BCUT2D eigenvalue weighted by molar-refractivity contribution is 5.91. The third-order valence-corrected chi connectivity index (χ3v) is 3.41. The normalized spacial score (nSPS) is 10.8. The summed E-state index contributed by atoms with van der Waals surface area (Å²) in [5.74, 6) is 0.632. The zero-order valence-corrected chi connectivity index (χ0v) is 13.6. The third-order valence-electron chi connectivity index (χ3n) is 3.41. The zero-order valence-electron chi connectivity index (χ0n) is 13.6. The summed E-state index contributed by atoms with van der Waals surface area (Å²) in [5.41, 5.74) is 1.53. The monoisotopic (exact) mass is 320 g/mol. The number of carboxylic acid groups (broad SMARTS) is 1. The van der Waals surface area contributed by atoms with Crippen LogP contribution in [0.1, 0.15) is 27.4 Å². The molecule has 0 unspecified atom stereocenters. The molecule has 23 heavy (non-hydrogen) atoms. The number of benzene rings is 1. The Hall–Kier alpha value is -2.54. The fourth-order valence-corrected chi connectivity index (χ4v) is 2.37. The maximum Gasteiger partial charge on any atom is 0.336 e. The van der Waals surface area contributed by atoms with Crippen molar-refractivity contribution in [2.75, 3.05) is 21.3 Å². The Morgan fingerprint density at radius 2 is 2.00 bits per heavy atom. The number of carboxylic acids is 1. The number of hydrogen-bond acceptors (Lipinski definition) is 6. The average Bonchev–Trinajstić information content (AvgIpc) is 2.91. The Morgan fingerprint density at radius 1 is 1.26 bits per heavy atom. The summed E-state index contributed by atoms with van der Waals surface area (Å²) in [6.07, 6.45) is 0. The molecule has 1 aromatic heterocycles. The van der Waals surface area contributed by atoms with Crippen LogP contribution in [0.2, 0.25) is 0 Å². The van der Waals surface area contributed by atoms with Gasteiger partial charge in [0.2, 0.25) is 0 Å². The number of ether oxygens (including phenoxy) is 2. The van der Waals surface area contributed by atoms with Crippen LogP contribution in [0.3, 0.4) is 0 Å². The van der Waals surface area contributed by atoms with E-state index < -0.39 is 5.97 Å². The van der Waals surface area contributed by atoms with Gasteiger partial charge in [-0.2, -0.15) is 0 Å². The number of nitrogens with zero attached hydrogens (tertiary/aromatic N) is 2. The third kappa shape index (κ3) is 4.01. The van der Waals surface area contributed by atoms with E-state index in [4.69, 9.17) is 14.0 Å². The van der Waals surface area contributed by atoms with Crippen LogP contribution in [-0.2, 0) is 13.1 Å². The number of methoxy groups -OCH3 is 2. The number of aryl methyl sites for hydroxylation is 1. The summed E-state index contributed by atoms with van der Waals surface area (Å²) in [6, 6.07) is 5.02. The fraction of sp³-hybridized carbons (Fsp3) is 0.375. The van der Waals surface area contributed by atoms with Gasteiger partial charge in [-0.25, -0.2) is 4.79 Å². The molecule has 1 N–H and O–H groups in total. The van der Waals surface area contributed by atoms with Crippen molar-refractivity contribution in [3.63, 3.8) is 0 Å². The highest BCUT2D eigenvalue weighted by atomic mass is 16.5. The van der Waals surface area contributed by atoms with Crippen molar-refractivity contribution in [3.8, 4) is 11.5 Å². The van der Waals surface area contributed by atoms with Crippen LogP contribution in [0, 0.1) is 6.92 Å². The van der Waals surface area contributed by atoms with E-state index >= 15 is 0 Å². The molecular weight excluding hydrogens is 300 g/mol. The van der Waals surface area contributed by atoms with Crippen molar-refractivity contribution in [1.82, 2.24) is 10.1 Å². The molecule has 1 aromatic carbocycles. The van der Waals surface area contributed by atoms with Gasteiger partial charge in [0.05, 0.1) is 25.5 Å². The van der Waals surface area contributed by atoms with E-state index in [1.54, 1.807) is 6.07 Å². The molecule has 0 amide bonds. The maximum atomic E-state index is 11.5. The Kier molecular flexibility index (Phi) is 5.23. The highest BCUT2D eigenvalue weighted by Crippen LogP contribution is 2.30. The van der Waals surface area contributed by atoms with Gasteiger partial charge in [0.25, 0.3) is 0 Å². The van der Waals surface area contributed by atoms with Crippen LogP contribution in [0.15, 0.2) is 22.7 Å². The minimum absolute atomic E-state index is 0.157. The quantitative estimate of drug-likeness (QED) is 0.838. The second-order valence-electron chi connectivity index (χ2n) is 5.26. The Labute approximate surface area is 134 Å². The van der Waals surface area contributed by atoms with Gasteiger partial charge in [0.1, 0.15) is 17.3 Å².